The van der Waals surface area contributed by atoms with Crippen LogP contribution in [0.4, 0.5) is 0 Å². The summed E-state index contributed by atoms with van der Waals surface area (Å²) in [4.78, 5) is 24.3. The van der Waals surface area contributed by atoms with E-state index in [4.69, 9.17) is 9.47 Å². The number of alkyl halides is 1. The lowest BCUT2D eigenvalue weighted by Crippen LogP contribution is -2.66. The molecule has 4 rings (SSSR count). The van der Waals surface area contributed by atoms with Crippen molar-refractivity contribution < 1.29 is 29.3 Å². The molecule has 4 fully saturated rings. The number of halogens is 1. The summed E-state index contributed by atoms with van der Waals surface area (Å²) in [5, 5.41) is 22.1. The summed E-state index contributed by atoms with van der Waals surface area (Å²) in [6.45, 7) is 10.6. The van der Waals surface area contributed by atoms with Crippen molar-refractivity contribution in [2.24, 2.45) is 46.3 Å². The van der Waals surface area contributed by atoms with Crippen LogP contribution in [-0.2, 0) is 19.1 Å². The lowest BCUT2D eigenvalue weighted by molar-refractivity contribution is -0.214. The van der Waals surface area contributed by atoms with Crippen molar-refractivity contribution in [1.82, 2.24) is 0 Å². The van der Waals surface area contributed by atoms with E-state index in [2.05, 4.69) is 36.7 Å². The molecule has 0 saturated heterocycles. The van der Waals surface area contributed by atoms with Gasteiger partial charge in [-0.3, -0.25) is 9.59 Å². The first kappa shape index (κ1) is 27.4. The van der Waals surface area contributed by atoms with Crippen molar-refractivity contribution in [2.75, 3.05) is 6.61 Å². The third kappa shape index (κ3) is 4.60. The van der Waals surface area contributed by atoms with Gasteiger partial charge >= 0.3 is 11.9 Å². The summed E-state index contributed by atoms with van der Waals surface area (Å²) in [7, 11) is 0. The van der Waals surface area contributed by atoms with Crippen LogP contribution in [0.25, 0.3) is 0 Å². The highest BCUT2D eigenvalue weighted by Crippen LogP contribution is 2.69. The summed E-state index contributed by atoms with van der Waals surface area (Å²) in [6, 6.07) is 0. The highest BCUT2D eigenvalue weighted by molar-refractivity contribution is 9.09. The van der Waals surface area contributed by atoms with E-state index in [1.807, 2.05) is 6.92 Å². The normalized spacial score (nSPS) is 47.7. The van der Waals surface area contributed by atoms with Crippen LogP contribution < -0.4 is 0 Å². The number of hydrogen-bond donors (Lipinski definition) is 2. The maximum Gasteiger partial charge on any atom is 0.305 e. The van der Waals surface area contributed by atoms with Crippen LogP contribution in [0.2, 0.25) is 0 Å². The van der Waals surface area contributed by atoms with E-state index in [1.165, 1.54) is 6.92 Å². The Balaban J connectivity index is 1.66. The Hall–Kier alpha value is -0.660. The fourth-order valence-electron chi connectivity index (χ4n) is 9.25. The molecule has 0 amide bonds. The van der Waals surface area contributed by atoms with Crippen LogP contribution in [-0.4, -0.2) is 51.9 Å². The van der Waals surface area contributed by atoms with Gasteiger partial charge in [-0.2, -0.15) is 0 Å². The zero-order valence-corrected chi connectivity index (χ0v) is 23.6. The number of aliphatic hydroxyl groups excluding tert-OH is 2. The second kappa shape index (κ2) is 10.2. The van der Waals surface area contributed by atoms with E-state index in [0.29, 0.717) is 25.4 Å². The van der Waals surface area contributed by atoms with Crippen LogP contribution in [0.3, 0.4) is 0 Å². The predicted molar refractivity (Wildman–Crippen MR) is 137 cm³/mol. The molecule has 0 bridgehead atoms. The largest absolute Gasteiger partial charge is 0.466 e. The Morgan fingerprint density at radius 3 is 2.46 bits per heavy atom. The summed E-state index contributed by atoms with van der Waals surface area (Å²) < 4.78 is 11.3. The summed E-state index contributed by atoms with van der Waals surface area (Å²) in [5.41, 5.74) is -0.253. The average Bonchev–Trinajstić information content (AvgIpc) is 3.15. The maximum atomic E-state index is 12.3. The smallest absolute Gasteiger partial charge is 0.305 e. The van der Waals surface area contributed by atoms with Gasteiger partial charge in [0.15, 0.2) is 0 Å². The van der Waals surface area contributed by atoms with E-state index < -0.39 is 6.10 Å². The molecule has 4 saturated carbocycles. The molecule has 0 aromatic rings. The Labute approximate surface area is 219 Å². The number of carbonyl (C=O) groups is 2. The lowest BCUT2D eigenvalue weighted by atomic mass is 9.43. The van der Waals surface area contributed by atoms with Gasteiger partial charge in [-0.25, -0.2) is 0 Å². The number of ether oxygens (including phenoxy) is 2. The van der Waals surface area contributed by atoms with Crippen LogP contribution in [0.15, 0.2) is 0 Å². The van der Waals surface area contributed by atoms with Crippen LogP contribution in [0.5, 0.6) is 0 Å². The molecule has 0 spiro atoms. The van der Waals surface area contributed by atoms with Gasteiger partial charge in [0.1, 0.15) is 6.10 Å². The number of esters is 2. The van der Waals surface area contributed by atoms with E-state index in [9.17, 15) is 19.8 Å². The Morgan fingerprint density at radius 2 is 1.80 bits per heavy atom. The fraction of sp³-hybridized carbons (Fsp3) is 0.929. The minimum absolute atomic E-state index is 0.00929. The number of hydrogen-bond acceptors (Lipinski definition) is 6. The lowest BCUT2D eigenvalue weighted by Gasteiger charge is -2.65. The molecule has 0 radical (unpaired) electrons. The van der Waals surface area contributed by atoms with Crippen molar-refractivity contribution in [3.8, 4) is 0 Å². The monoisotopic (exact) mass is 556 g/mol. The van der Waals surface area contributed by atoms with Gasteiger partial charge in [0.05, 0.1) is 18.8 Å². The SMILES string of the molecule is CCOC(=O)CC[C@H](C)[C@H]1CCC2C3C(C[C@H](OC(C)=O)[C@@]21C)[C@@]1(C)CC[C@@H](O)C[C@H]1[C@@H](Br)[C@H]3O. The number of rotatable bonds is 6. The van der Waals surface area contributed by atoms with Crippen LogP contribution >= 0.6 is 15.9 Å². The van der Waals surface area contributed by atoms with Gasteiger partial charge in [-0.15, -0.1) is 0 Å². The molecule has 0 aromatic heterocycles. The molecule has 0 aliphatic heterocycles. The first-order valence-corrected chi connectivity index (χ1v) is 14.7. The minimum Gasteiger partial charge on any atom is -0.466 e. The third-order valence-corrected chi connectivity index (χ3v) is 12.1. The molecule has 4 aliphatic rings. The molecule has 3 unspecified atom stereocenters. The first-order chi connectivity index (χ1) is 16.4. The second-order valence-corrected chi connectivity index (χ2v) is 13.5. The second-order valence-electron chi connectivity index (χ2n) is 12.5. The molecule has 0 heterocycles. The molecule has 4 aliphatic carbocycles. The zero-order valence-electron chi connectivity index (χ0n) is 22.0. The molecule has 200 valence electrons. The molecule has 35 heavy (non-hydrogen) atoms. The van der Waals surface area contributed by atoms with E-state index in [0.717, 1.165) is 38.5 Å². The van der Waals surface area contributed by atoms with Gasteiger partial charge in [0, 0.05) is 23.6 Å². The average molecular weight is 558 g/mol. The quantitative estimate of drug-likeness (QED) is 0.358. The number of carbonyl (C=O) groups excluding carboxylic acids is 2. The van der Waals surface area contributed by atoms with Crippen molar-refractivity contribution in [2.45, 2.75) is 109 Å². The van der Waals surface area contributed by atoms with Gasteiger partial charge in [0.2, 0.25) is 0 Å². The summed E-state index contributed by atoms with van der Waals surface area (Å²) >= 11 is 3.89. The Bertz CT molecular complexity index is 804. The summed E-state index contributed by atoms with van der Waals surface area (Å²) in [5.74, 6) is 1.04. The molecule has 2 N–H and O–H groups in total. The maximum absolute atomic E-state index is 12.3. The van der Waals surface area contributed by atoms with Gasteiger partial charge in [0.25, 0.3) is 0 Å². The number of aliphatic hydroxyl groups is 2. The van der Waals surface area contributed by atoms with Gasteiger partial charge in [-0.1, -0.05) is 36.7 Å². The molecule has 7 heteroatoms. The molecule has 12 atom stereocenters. The third-order valence-electron chi connectivity index (χ3n) is 10.9. The van der Waals surface area contributed by atoms with Gasteiger partial charge < -0.3 is 19.7 Å². The Morgan fingerprint density at radius 1 is 1.09 bits per heavy atom. The first-order valence-electron chi connectivity index (χ1n) is 13.8. The highest BCUT2D eigenvalue weighted by Gasteiger charge is 2.68. The van der Waals surface area contributed by atoms with Crippen LogP contribution in [0, 0.1) is 46.3 Å². The molecular formula is C28H45BrO6. The highest BCUT2D eigenvalue weighted by atomic mass is 79.9. The van der Waals surface area contributed by atoms with Crippen molar-refractivity contribution in [3.63, 3.8) is 0 Å². The topological polar surface area (TPSA) is 93.1 Å². The predicted octanol–water partition coefficient (Wildman–Crippen LogP) is 4.87. The van der Waals surface area contributed by atoms with E-state index >= 15 is 0 Å². The van der Waals surface area contributed by atoms with Crippen LogP contribution in [0.1, 0.15) is 86.0 Å². The zero-order chi connectivity index (χ0) is 25.7. The standard InChI is InChI=1S/C28H45BrO6/c1-6-34-23(32)10-7-15(2)18-8-9-19-24-20(14-22(28(18,19)5)35-16(3)30)27(4)12-11-17(31)13-21(27)25(29)26(24)33/h15,17-22,24-26,31,33H,6-14H2,1-5H3/t15-,17+,18+,19?,20?,21-,22-,24?,25+,26-,27+,28+/m0/s1. The molecule has 6 nitrogen and oxygen atoms in total. The van der Waals surface area contributed by atoms with Gasteiger partial charge in [-0.05, 0) is 92.8 Å². The fourth-order valence-corrected chi connectivity index (χ4v) is 10.4. The Kier molecular flexibility index (Phi) is 8.01. The van der Waals surface area contributed by atoms with Crippen molar-refractivity contribution in [3.05, 3.63) is 0 Å². The van der Waals surface area contributed by atoms with Crippen molar-refractivity contribution in [1.29, 1.82) is 0 Å². The summed E-state index contributed by atoms with van der Waals surface area (Å²) in [6.07, 6.45) is 5.38. The molecule has 0 aromatic carbocycles. The van der Waals surface area contributed by atoms with Crippen molar-refractivity contribution >= 4 is 27.9 Å². The van der Waals surface area contributed by atoms with E-state index in [1.54, 1.807) is 0 Å². The minimum atomic E-state index is -0.487. The number of fused-ring (bicyclic) bond motifs is 5. The van der Waals surface area contributed by atoms with E-state index in [-0.39, 0.29) is 69.4 Å². The molecular weight excluding hydrogens is 512 g/mol.